The van der Waals surface area contributed by atoms with Crippen LogP contribution in [0.3, 0.4) is 0 Å². The first-order valence-corrected chi connectivity index (χ1v) is 7.11. The highest BCUT2D eigenvalue weighted by Crippen LogP contribution is 2.18. The number of likely N-dealkylation sites (N-methyl/N-ethyl adjacent to an activating group) is 1. The molecule has 2 unspecified atom stereocenters. The van der Waals surface area contributed by atoms with Gasteiger partial charge in [-0.2, -0.15) is 0 Å². The zero-order valence-electron chi connectivity index (χ0n) is 13.2. The van der Waals surface area contributed by atoms with E-state index in [4.69, 9.17) is 5.73 Å². The molecule has 1 rings (SSSR count). The van der Waals surface area contributed by atoms with E-state index in [2.05, 4.69) is 24.1 Å². The Bertz CT molecular complexity index is 443. The molecule has 0 saturated heterocycles. The van der Waals surface area contributed by atoms with Gasteiger partial charge in [-0.25, -0.2) is 0 Å². The van der Waals surface area contributed by atoms with E-state index in [1.54, 1.807) is 0 Å². The maximum atomic E-state index is 12.4. The van der Waals surface area contributed by atoms with Crippen molar-refractivity contribution in [1.82, 2.24) is 10.2 Å². The van der Waals surface area contributed by atoms with Crippen LogP contribution in [0.5, 0.6) is 0 Å². The average Bonchev–Trinajstić information content (AvgIpc) is 2.36. The normalized spacial score (nSPS) is 14.3. The van der Waals surface area contributed by atoms with Crippen LogP contribution in [-0.4, -0.2) is 37.5 Å². The number of anilines is 1. The summed E-state index contributed by atoms with van der Waals surface area (Å²) >= 11 is 0. The van der Waals surface area contributed by atoms with Gasteiger partial charge >= 0.3 is 0 Å². The molecule has 0 aliphatic carbocycles. The van der Waals surface area contributed by atoms with Crippen molar-refractivity contribution in [3.63, 3.8) is 0 Å². The van der Waals surface area contributed by atoms with Crippen LogP contribution in [0.4, 0.5) is 5.69 Å². The van der Waals surface area contributed by atoms with Crippen LogP contribution < -0.4 is 11.1 Å². The van der Waals surface area contributed by atoms with Crippen LogP contribution in [0.2, 0.25) is 0 Å². The smallest absolute Gasteiger partial charge is 0.227 e. The molecule has 1 aromatic carbocycles. The molecule has 0 radical (unpaired) electrons. The van der Waals surface area contributed by atoms with Gasteiger partial charge in [-0.15, -0.1) is 0 Å². The fourth-order valence-electron chi connectivity index (χ4n) is 2.10. The number of rotatable bonds is 6. The van der Waals surface area contributed by atoms with Gasteiger partial charge in [0, 0.05) is 18.3 Å². The molecule has 0 aliphatic rings. The van der Waals surface area contributed by atoms with Gasteiger partial charge in [-0.05, 0) is 44.6 Å². The zero-order chi connectivity index (χ0) is 15.3. The van der Waals surface area contributed by atoms with Gasteiger partial charge in [0.25, 0.3) is 0 Å². The number of nitrogens with zero attached hydrogens (tertiary/aromatic N) is 1. The summed E-state index contributed by atoms with van der Waals surface area (Å²) < 4.78 is 0. The molecule has 0 aliphatic heterocycles. The predicted molar refractivity (Wildman–Crippen MR) is 84.6 cm³/mol. The second-order valence-electron chi connectivity index (χ2n) is 6.01. The van der Waals surface area contributed by atoms with Crippen molar-refractivity contribution < 1.29 is 4.79 Å². The highest BCUT2D eigenvalue weighted by Gasteiger charge is 2.21. The number of amides is 1. The third-order valence-corrected chi connectivity index (χ3v) is 3.50. The van der Waals surface area contributed by atoms with Crippen LogP contribution in [0.1, 0.15) is 32.3 Å². The molecule has 4 nitrogen and oxygen atoms in total. The maximum absolute atomic E-state index is 12.4. The average molecular weight is 277 g/mol. The second kappa shape index (κ2) is 7.29. The number of carbonyl (C=O) groups excluding carboxylic acids is 1. The van der Waals surface area contributed by atoms with Crippen molar-refractivity contribution in [2.45, 2.75) is 32.7 Å². The minimum Gasteiger partial charge on any atom is -0.399 e. The maximum Gasteiger partial charge on any atom is 0.227 e. The SMILES string of the molecule is CC(C(=O)NC(CN(C)C)C(C)C)c1cccc(N)c1. The molecule has 2 atom stereocenters. The lowest BCUT2D eigenvalue weighted by molar-refractivity contribution is -0.123. The third kappa shape index (κ3) is 4.85. The summed E-state index contributed by atoms with van der Waals surface area (Å²) in [5.74, 6) is 0.257. The molecule has 4 heteroatoms. The molecule has 0 bridgehead atoms. The minimum atomic E-state index is -0.193. The fraction of sp³-hybridized carbons (Fsp3) is 0.562. The van der Waals surface area contributed by atoms with E-state index in [9.17, 15) is 4.79 Å². The summed E-state index contributed by atoms with van der Waals surface area (Å²) in [5, 5.41) is 3.14. The summed E-state index contributed by atoms with van der Waals surface area (Å²) in [6.45, 7) is 7.00. The van der Waals surface area contributed by atoms with Gasteiger partial charge in [0.15, 0.2) is 0 Å². The number of benzene rings is 1. The quantitative estimate of drug-likeness (QED) is 0.783. The summed E-state index contributed by atoms with van der Waals surface area (Å²) in [5.41, 5.74) is 7.42. The van der Waals surface area contributed by atoms with Crippen LogP contribution in [0.15, 0.2) is 24.3 Å². The van der Waals surface area contributed by atoms with E-state index in [-0.39, 0.29) is 17.9 Å². The van der Waals surface area contributed by atoms with Crippen LogP contribution in [0.25, 0.3) is 0 Å². The Labute approximate surface area is 122 Å². The Morgan fingerprint density at radius 3 is 2.45 bits per heavy atom. The second-order valence-corrected chi connectivity index (χ2v) is 6.01. The Morgan fingerprint density at radius 2 is 1.95 bits per heavy atom. The zero-order valence-corrected chi connectivity index (χ0v) is 13.2. The standard InChI is InChI=1S/C16H27N3O/c1-11(2)15(10-19(4)5)18-16(20)12(3)13-7-6-8-14(17)9-13/h6-9,11-12,15H,10,17H2,1-5H3,(H,18,20). The Kier molecular flexibility index (Phi) is 6.02. The van der Waals surface area contributed by atoms with E-state index >= 15 is 0 Å². The number of hydrogen-bond acceptors (Lipinski definition) is 3. The van der Waals surface area contributed by atoms with Crippen molar-refractivity contribution in [1.29, 1.82) is 0 Å². The summed E-state index contributed by atoms with van der Waals surface area (Å²) in [4.78, 5) is 14.5. The first-order chi connectivity index (χ1) is 9.31. The van der Waals surface area contributed by atoms with E-state index in [1.165, 1.54) is 0 Å². The van der Waals surface area contributed by atoms with E-state index in [0.29, 0.717) is 11.6 Å². The predicted octanol–water partition coefficient (Wildman–Crippen LogP) is 2.07. The van der Waals surface area contributed by atoms with Crippen molar-refractivity contribution in [3.05, 3.63) is 29.8 Å². The monoisotopic (exact) mass is 277 g/mol. The number of carbonyl (C=O) groups is 1. The van der Waals surface area contributed by atoms with Gasteiger partial charge in [-0.1, -0.05) is 26.0 Å². The molecule has 0 aromatic heterocycles. The van der Waals surface area contributed by atoms with Gasteiger partial charge in [0.05, 0.1) is 5.92 Å². The topological polar surface area (TPSA) is 58.4 Å². The van der Waals surface area contributed by atoms with E-state index in [1.807, 2.05) is 45.3 Å². The fourth-order valence-corrected chi connectivity index (χ4v) is 2.10. The van der Waals surface area contributed by atoms with Gasteiger partial charge in [0.2, 0.25) is 5.91 Å². The van der Waals surface area contributed by atoms with Crippen molar-refractivity contribution in [3.8, 4) is 0 Å². The Hall–Kier alpha value is -1.55. The molecule has 1 amide bonds. The lowest BCUT2D eigenvalue weighted by Crippen LogP contribution is -2.46. The van der Waals surface area contributed by atoms with Gasteiger partial charge < -0.3 is 16.0 Å². The summed E-state index contributed by atoms with van der Waals surface area (Å²) in [6, 6.07) is 7.67. The molecule has 0 heterocycles. The highest BCUT2D eigenvalue weighted by molar-refractivity contribution is 5.83. The molecule has 3 N–H and O–H groups in total. The largest absolute Gasteiger partial charge is 0.399 e. The third-order valence-electron chi connectivity index (χ3n) is 3.50. The molecule has 112 valence electrons. The number of nitrogens with two attached hydrogens (primary N) is 1. The Morgan fingerprint density at radius 1 is 1.30 bits per heavy atom. The van der Waals surface area contributed by atoms with Gasteiger partial charge in [-0.3, -0.25) is 4.79 Å². The molecule has 20 heavy (non-hydrogen) atoms. The number of nitrogen functional groups attached to an aromatic ring is 1. The van der Waals surface area contributed by atoms with Crippen molar-refractivity contribution in [2.24, 2.45) is 5.92 Å². The van der Waals surface area contributed by atoms with E-state index in [0.717, 1.165) is 12.1 Å². The molecule has 0 fully saturated rings. The highest BCUT2D eigenvalue weighted by atomic mass is 16.1. The van der Waals surface area contributed by atoms with Crippen molar-refractivity contribution in [2.75, 3.05) is 26.4 Å². The van der Waals surface area contributed by atoms with Crippen LogP contribution >= 0.6 is 0 Å². The minimum absolute atomic E-state index is 0.0520. The van der Waals surface area contributed by atoms with Crippen LogP contribution in [-0.2, 0) is 4.79 Å². The van der Waals surface area contributed by atoms with Crippen molar-refractivity contribution >= 4 is 11.6 Å². The lowest BCUT2D eigenvalue weighted by atomic mass is 9.97. The van der Waals surface area contributed by atoms with E-state index < -0.39 is 0 Å². The molecular formula is C16H27N3O. The number of hydrogen-bond donors (Lipinski definition) is 2. The number of nitrogens with one attached hydrogen (secondary N) is 1. The first kappa shape index (κ1) is 16.5. The Balaban J connectivity index is 2.73. The lowest BCUT2D eigenvalue weighted by Gasteiger charge is -2.27. The molecule has 0 saturated carbocycles. The van der Waals surface area contributed by atoms with Gasteiger partial charge in [0.1, 0.15) is 0 Å². The summed E-state index contributed by atoms with van der Waals surface area (Å²) in [7, 11) is 4.03. The first-order valence-electron chi connectivity index (χ1n) is 7.11. The van der Waals surface area contributed by atoms with Crippen LogP contribution in [0, 0.1) is 5.92 Å². The molecular weight excluding hydrogens is 250 g/mol. The molecule has 0 spiro atoms. The summed E-state index contributed by atoms with van der Waals surface area (Å²) in [6.07, 6.45) is 0. The molecule has 1 aromatic rings.